The molecule has 1 unspecified atom stereocenters. The average Bonchev–Trinajstić information content (AvgIpc) is 2.67. The van der Waals surface area contributed by atoms with Crippen molar-refractivity contribution in [1.82, 2.24) is 4.90 Å². The van der Waals surface area contributed by atoms with Crippen molar-refractivity contribution in [3.63, 3.8) is 0 Å². The Kier molecular flexibility index (Phi) is 7.33. The molecule has 1 fully saturated rings. The van der Waals surface area contributed by atoms with Crippen molar-refractivity contribution in [2.75, 3.05) is 36.9 Å². The highest BCUT2D eigenvalue weighted by Crippen LogP contribution is 2.31. The van der Waals surface area contributed by atoms with Crippen LogP contribution in [0.3, 0.4) is 0 Å². The number of piperidine rings is 1. The summed E-state index contributed by atoms with van der Waals surface area (Å²) in [4.78, 5) is 28.6. The molecule has 0 aromatic heterocycles. The van der Waals surface area contributed by atoms with Gasteiger partial charge in [-0.1, -0.05) is 13.8 Å². The van der Waals surface area contributed by atoms with E-state index in [2.05, 4.69) is 19.2 Å². The maximum absolute atomic E-state index is 12.9. The van der Waals surface area contributed by atoms with Gasteiger partial charge in [-0.3, -0.25) is 9.59 Å². The van der Waals surface area contributed by atoms with Crippen molar-refractivity contribution >= 4 is 48.0 Å². The van der Waals surface area contributed by atoms with Gasteiger partial charge in [0, 0.05) is 44.7 Å². The molecule has 8 heteroatoms. The third kappa shape index (κ3) is 4.42. The normalized spacial score (nSPS) is 21.5. The first-order chi connectivity index (χ1) is 11.3. The van der Waals surface area contributed by atoms with Crippen LogP contribution in [0.2, 0.25) is 0 Å². The Bertz CT molecular complexity index is 681. The summed E-state index contributed by atoms with van der Waals surface area (Å²) in [5.74, 6) is -0.0193. The maximum atomic E-state index is 12.9. The highest BCUT2D eigenvalue weighted by atomic mass is 35.5. The number of carbonyl (C=O) groups is 2. The summed E-state index contributed by atoms with van der Waals surface area (Å²) in [6.07, 6.45) is 1.26. The van der Waals surface area contributed by atoms with Crippen LogP contribution in [0, 0.1) is 5.41 Å². The number of nitrogens with zero attached hydrogens (tertiary/aromatic N) is 2. The highest BCUT2D eigenvalue weighted by Gasteiger charge is 2.35. The number of halogens is 2. The number of hydrogen-bond donors (Lipinski definition) is 2. The molecule has 2 amide bonds. The molecule has 0 saturated carbocycles. The van der Waals surface area contributed by atoms with Crippen LogP contribution >= 0.6 is 24.8 Å². The molecule has 1 aromatic rings. The minimum Gasteiger partial charge on any atom is -0.372 e. The summed E-state index contributed by atoms with van der Waals surface area (Å²) in [7, 11) is 1.95. The zero-order valence-corrected chi connectivity index (χ0v) is 17.1. The van der Waals surface area contributed by atoms with Crippen molar-refractivity contribution in [2.45, 2.75) is 32.7 Å². The van der Waals surface area contributed by atoms with Crippen LogP contribution in [0.4, 0.5) is 11.4 Å². The lowest BCUT2D eigenvalue weighted by molar-refractivity contribution is -0.115. The lowest BCUT2D eigenvalue weighted by Gasteiger charge is -2.42. The molecule has 1 atom stereocenters. The summed E-state index contributed by atoms with van der Waals surface area (Å²) in [5, 5.41) is 2.90. The third-order valence-electron chi connectivity index (χ3n) is 5.20. The fourth-order valence-electron chi connectivity index (χ4n) is 3.43. The van der Waals surface area contributed by atoms with Crippen molar-refractivity contribution < 1.29 is 9.59 Å². The van der Waals surface area contributed by atoms with Crippen molar-refractivity contribution in [1.29, 1.82) is 0 Å². The Morgan fingerprint density at radius 3 is 2.62 bits per heavy atom. The fraction of sp³-hybridized carbons (Fsp3) is 0.556. The molecule has 2 heterocycles. The molecule has 146 valence electrons. The standard InChI is InChI=1S/C18H26N4O2.2ClH/c1-18(2)11-22(9-6-15(18)19)17(24)12-4-5-14-13(10-12)20-16(23)7-8-21(14)3;;/h4-5,10,15H,6-9,11,19H2,1-3H3,(H,20,23);2*1H. The largest absolute Gasteiger partial charge is 0.372 e. The summed E-state index contributed by atoms with van der Waals surface area (Å²) >= 11 is 0. The second-order valence-corrected chi connectivity index (χ2v) is 7.56. The summed E-state index contributed by atoms with van der Waals surface area (Å²) in [6.45, 7) is 6.19. The van der Waals surface area contributed by atoms with E-state index in [1.165, 1.54) is 0 Å². The fourth-order valence-corrected chi connectivity index (χ4v) is 3.43. The molecule has 0 spiro atoms. The van der Waals surface area contributed by atoms with E-state index in [4.69, 9.17) is 5.73 Å². The van der Waals surface area contributed by atoms with Gasteiger partial charge in [-0.15, -0.1) is 24.8 Å². The van der Waals surface area contributed by atoms with E-state index in [0.717, 1.165) is 12.1 Å². The van der Waals surface area contributed by atoms with Crippen LogP contribution in [0.1, 0.15) is 37.0 Å². The van der Waals surface area contributed by atoms with Gasteiger partial charge in [0.25, 0.3) is 5.91 Å². The van der Waals surface area contributed by atoms with Crippen LogP contribution < -0.4 is 16.0 Å². The molecular formula is C18H28Cl2N4O2. The zero-order valence-electron chi connectivity index (χ0n) is 15.4. The highest BCUT2D eigenvalue weighted by molar-refractivity contribution is 6.01. The van der Waals surface area contributed by atoms with Crippen LogP contribution in [0.25, 0.3) is 0 Å². The maximum Gasteiger partial charge on any atom is 0.253 e. The summed E-state index contributed by atoms with van der Waals surface area (Å²) in [6, 6.07) is 5.66. The number of likely N-dealkylation sites (tertiary alicyclic amines) is 1. The Morgan fingerprint density at radius 2 is 1.96 bits per heavy atom. The van der Waals surface area contributed by atoms with Crippen LogP contribution in [0.15, 0.2) is 18.2 Å². The number of fused-ring (bicyclic) bond motifs is 1. The van der Waals surface area contributed by atoms with Gasteiger partial charge in [0.15, 0.2) is 0 Å². The molecule has 0 radical (unpaired) electrons. The molecule has 0 bridgehead atoms. The average molecular weight is 403 g/mol. The molecule has 1 aromatic carbocycles. The van der Waals surface area contributed by atoms with Crippen LogP contribution in [0.5, 0.6) is 0 Å². The molecule has 3 rings (SSSR count). The molecule has 6 nitrogen and oxygen atoms in total. The van der Waals surface area contributed by atoms with Gasteiger partial charge >= 0.3 is 0 Å². The number of benzene rings is 1. The number of nitrogens with two attached hydrogens (primary N) is 1. The number of carbonyl (C=O) groups excluding carboxylic acids is 2. The molecule has 1 saturated heterocycles. The second-order valence-electron chi connectivity index (χ2n) is 7.56. The van der Waals surface area contributed by atoms with E-state index in [9.17, 15) is 9.59 Å². The SMILES string of the molecule is CN1CCC(=O)Nc2cc(C(=O)N3CCC(N)C(C)(C)C3)ccc21.Cl.Cl. The number of hydrogen-bond acceptors (Lipinski definition) is 4. The third-order valence-corrected chi connectivity index (χ3v) is 5.20. The van der Waals surface area contributed by atoms with Crippen LogP contribution in [-0.2, 0) is 4.79 Å². The molecule has 26 heavy (non-hydrogen) atoms. The predicted octanol–water partition coefficient (Wildman–Crippen LogP) is 2.51. The van der Waals surface area contributed by atoms with Gasteiger partial charge in [-0.25, -0.2) is 0 Å². The van der Waals surface area contributed by atoms with Crippen molar-refractivity contribution in [2.24, 2.45) is 11.1 Å². The van der Waals surface area contributed by atoms with Gasteiger partial charge in [-0.2, -0.15) is 0 Å². The number of nitrogens with one attached hydrogen (secondary N) is 1. The van der Waals surface area contributed by atoms with E-state index < -0.39 is 0 Å². The zero-order chi connectivity index (χ0) is 17.5. The Morgan fingerprint density at radius 1 is 1.27 bits per heavy atom. The van der Waals surface area contributed by atoms with Crippen LogP contribution in [-0.4, -0.2) is 49.4 Å². The quantitative estimate of drug-likeness (QED) is 0.755. The first-order valence-electron chi connectivity index (χ1n) is 8.48. The Hall–Kier alpha value is -1.50. The topological polar surface area (TPSA) is 78.7 Å². The van der Waals surface area contributed by atoms with Gasteiger partial charge in [-0.05, 0) is 30.0 Å². The number of anilines is 2. The first kappa shape index (κ1) is 22.5. The first-order valence-corrected chi connectivity index (χ1v) is 8.48. The summed E-state index contributed by atoms with van der Waals surface area (Å²) < 4.78 is 0. The van der Waals surface area contributed by atoms with Gasteiger partial charge in [0.05, 0.1) is 11.4 Å². The minimum atomic E-state index is -0.0893. The van der Waals surface area contributed by atoms with Gasteiger partial charge < -0.3 is 20.9 Å². The van der Waals surface area contributed by atoms with Crippen molar-refractivity contribution in [3.8, 4) is 0 Å². The molecule has 2 aliphatic rings. The van der Waals surface area contributed by atoms with E-state index in [1.54, 1.807) is 6.07 Å². The number of amides is 2. The van der Waals surface area contributed by atoms with Gasteiger partial charge in [0.2, 0.25) is 5.91 Å². The van der Waals surface area contributed by atoms with Gasteiger partial charge in [0.1, 0.15) is 0 Å². The molecular weight excluding hydrogens is 375 g/mol. The predicted molar refractivity (Wildman–Crippen MR) is 110 cm³/mol. The summed E-state index contributed by atoms with van der Waals surface area (Å²) in [5.41, 5.74) is 8.33. The van der Waals surface area contributed by atoms with Crippen molar-refractivity contribution in [3.05, 3.63) is 23.8 Å². The molecule has 3 N–H and O–H groups in total. The number of rotatable bonds is 1. The lowest BCUT2D eigenvalue weighted by atomic mass is 9.79. The van der Waals surface area contributed by atoms with E-state index in [0.29, 0.717) is 37.3 Å². The Balaban J connectivity index is 0.00000169. The Labute approximate surface area is 167 Å². The van der Waals surface area contributed by atoms with E-state index in [-0.39, 0.29) is 48.1 Å². The lowest BCUT2D eigenvalue weighted by Crippen LogP contribution is -2.54. The molecule has 0 aliphatic carbocycles. The molecule has 2 aliphatic heterocycles. The minimum absolute atomic E-state index is 0. The van der Waals surface area contributed by atoms with E-state index in [1.807, 2.05) is 29.0 Å². The van der Waals surface area contributed by atoms with E-state index >= 15 is 0 Å². The smallest absolute Gasteiger partial charge is 0.253 e. The monoisotopic (exact) mass is 402 g/mol. The second kappa shape index (κ2) is 8.46.